The Hall–Kier alpha value is -1.44. The molecule has 0 radical (unpaired) electrons. The maximum absolute atomic E-state index is 12.2. The van der Waals surface area contributed by atoms with Gasteiger partial charge in [-0.1, -0.05) is 12.1 Å². The average molecular weight is 342 g/mol. The van der Waals surface area contributed by atoms with Crippen LogP contribution < -0.4 is 10.5 Å². The van der Waals surface area contributed by atoms with Crippen molar-refractivity contribution in [3.63, 3.8) is 0 Å². The van der Waals surface area contributed by atoms with E-state index in [9.17, 15) is 8.42 Å². The fraction of sp³-hybridized carbons (Fsp3) is 0.0833. The number of nitrogens with zero attached hydrogens (tertiary/aromatic N) is 1. The molecule has 0 saturated carbocycles. The first-order valence-electron chi connectivity index (χ1n) is 5.45. The molecular weight excluding hydrogens is 330 g/mol. The lowest BCUT2D eigenvalue weighted by Gasteiger charge is -2.09. The number of rotatable bonds is 4. The molecule has 1 aromatic carbocycles. The molecule has 0 aliphatic carbocycles. The van der Waals surface area contributed by atoms with Gasteiger partial charge in [0, 0.05) is 17.2 Å². The molecule has 1 aromatic heterocycles. The van der Waals surface area contributed by atoms with Crippen molar-refractivity contribution in [3.8, 4) is 0 Å². The van der Waals surface area contributed by atoms with Crippen molar-refractivity contribution in [2.75, 3.05) is 4.72 Å². The normalized spacial score (nSPS) is 11.3. The maximum Gasteiger partial charge on any atom is 0.264 e. The third-order valence-corrected chi connectivity index (χ3v) is 4.76. The highest BCUT2D eigenvalue weighted by Gasteiger charge is 2.18. The largest absolute Gasteiger partial charge is 0.326 e. The summed E-state index contributed by atoms with van der Waals surface area (Å²) in [5.41, 5.74) is 6.36. The van der Waals surface area contributed by atoms with E-state index < -0.39 is 10.0 Å². The van der Waals surface area contributed by atoms with Gasteiger partial charge in [-0.3, -0.25) is 4.72 Å². The molecule has 5 nitrogen and oxygen atoms in total. The molecular formula is C12H12BrN3O2S. The molecule has 0 amide bonds. The zero-order valence-corrected chi connectivity index (χ0v) is 12.3. The summed E-state index contributed by atoms with van der Waals surface area (Å²) in [6.45, 7) is 0.354. The van der Waals surface area contributed by atoms with E-state index in [0.29, 0.717) is 11.0 Å². The number of hydrogen-bond acceptors (Lipinski definition) is 4. The SMILES string of the molecule is NCc1ccc(S(=O)(=O)Nc2ccccn2)c(Br)c1. The van der Waals surface area contributed by atoms with Gasteiger partial charge in [0.2, 0.25) is 0 Å². The highest BCUT2D eigenvalue weighted by molar-refractivity contribution is 9.10. The predicted octanol–water partition coefficient (Wildman–Crippen LogP) is 2.10. The number of sulfonamides is 1. The second-order valence-corrected chi connectivity index (χ2v) is 6.29. The van der Waals surface area contributed by atoms with Gasteiger partial charge in [0.25, 0.3) is 10.0 Å². The van der Waals surface area contributed by atoms with Crippen LogP contribution >= 0.6 is 15.9 Å². The molecule has 0 aliphatic heterocycles. The van der Waals surface area contributed by atoms with Crippen LogP contribution in [0.15, 0.2) is 52.0 Å². The van der Waals surface area contributed by atoms with Crippen molar-refractivity contribution in [1.82, 2.24) is 4.98 Å². The van der Waals surface area contributed by atoms with Gasteiger partial charge in [0.15, 0.2) is 0 Å². The van der Waals surface area contributed by atoms with Crippen molar-refractivity contribution < 1.29 is 8.42 Å². The van der Waals surface area contributed by atoms with E-state index in [0.717, 1.165) is 5.56 Å². The summed E-state index contributed by atoms with van der Waals surface area (Å²) in [7, 11) is -3.67. The molecule has 0 unspecified atom stereocenters. The van der Waals surface area contributed by atoms with Crippen molar-refractivity contribution in [2.45, 2.75) is 11.4 Å². The molecule has 0 fully saturated rings. The first-order chi connectivity index (χ1) is 9.03. The number of aromatic nitrogens is 1. The Bertz CT molecular complexity index is 675. The van der Waals surface area contributed by atoms with Crippen LogP contribution in [0.25, 0.3) is 0 Å². The van der Waals surface area contributed by atoms with Gasteiger partial charge in [-0.2, -0.15) is 0 Å². The third kappa shape index (κ3) is 3.31. The topological polar surface area (TPSA) is 85.1 Å². The average Bonchev–Trinajstić information content (AvgIpc) is 2.38. The molecule has 0 saturated heterocycles. The minimum absolute atomic E-state index is 0.148. The first kappa shape index (κ1) is 14.0. The van der Waals surface area contributed by atoms with Crippen LogP contribution in [0.5, 0.6) is 0 Å². The first-order valence-corrected chi connectivity index (χ1v) is 7.73. The van der Waals surface area contributed by atoms with E-state index in [-0.39, 0.29) is 10.7 Å². The lowest BCUT2D eigenvalue weighted by atomic mass is 10.2. The van der Waals surface area contributed by atoms with Crippen LogP contribution in [0.4, 0.5) is 5.82 Å². The molecule has 2 aromatic rings. The van der Waals surface area contributed by atoms with Gasteiger partial charge in [-0.15, -0.1) is 0 Å². The molecule has 0 bridgehead atoms. The fourth-order valence-electron chi connectivity index (χ4n) is 1.51. The van der Waals surface area contributed by atoms with E-state index in [1.54, 1.807) is 30.3 Å². The number of nitrogens with two attached hydrogens (primary N) is 1. The maximum atomic E-state index is 12.2. The Labute approximate surface area is 120 Å². The second-order valence-electron chi connectivity index (χ2n) is 3.79. The number of hydrogen-bond donors (Lipinski definition) is 2. The Morgan fingerprint density at radius 3 is 2.63 bits per heavy atom. The smallest absolute Gasteiger partial charge is 0.264 e. The van der Waals surface area contributed by atoms with Crippen molar-refractivity contribution >= 4 is 31.8 Å². The Morgan fingerprint density at radius 2 is 2.05 bits per heavy atom. The van der Waals surface area contributed by atoms with E-state index >= 15 is 0 Å². The number of pyridine rings is 1. The van der Waals surface area contributed by atoms with Crippen molar-refractivity contribution in [2.24, 2.45) is 5.73 Å². The molecule has 100 valence electrons. The number of halogens is 1. The lowest BCUT2D eigenvalue weighted by Crippen LogP contribution is -2.14. The van der Waals surface area contributed by atoms with Crippen LogP contribution in [-0.4, -0.2) is 13.4 Å². The molecule has 0 atom stereocenters. The third-order valence-electron chi connectivity index (χ3n) is 2.43. The van der Waals surface area contributed by atoms with Gasteiger partial charge in [-0.25, -0.2) is 13.4 Å². The summed E-state index contributed by atoms with van der Waals surface area (Å²) in [6.07, 6.45) is 1.52. The van der Waals surface area contributed by atoms with Crippen LogP contribution in [0.1, 0.15) is 5.56 Å². The monoisotopic (exact) mass is 341 g/mol. The second kappa shape index (κ2) is 5.68. The molecule has 7 heteroatoms. The minimum atomic E-state index is -3.67. The van der Waals surface area contributed by atoms with Gasteiger partial charge in [0.05, 0.1) is 0 Å². The van der Waals surface area contributed by atoms with Gasteiger partial charge < -0.3 is 5.73 Å². The van der Waals surface area contributed by atoms with Crippen molar-refractivity contribution in [3.05, 3.63) is 52.6 Å². The summed E-state index contributed by atoms with van der Waals surface area (Å²) in [5, 5.41) is 0. The summed E-state index contributed by atoms with van der Waals surface area (Å²) in [5.74, 6) is 0.275. The van der Waals surface area contributed by atoms with Crippen LogP contribution in [0, 0.1) is 0 Å². The van der Waals surface area contributed by atoms with Gasteiger partial charge in [0.1, 0.15) is 10.7 Å². The summed E-state index contributed by atoms with van der Waals surface area (Å²) < 4.78 is 27.3. The summed E-state index contributed by atoms with van der Waals surface area (Å²) >= 11 is 3.24. The molecule has 2 rings (SSSR count). The number of benzene rings is 1. The summed E-state index contributed by atoms with van der Waals surface area (Å²) in [6, 6.07) is 9.88. The van der Waals surface area contributed by atoms with Gasteiger partial charge in [-0.05, 0) is 45.8 Å². The molecule has 0 spiro atoms. The molecule has 19 heavy (non-hydrogen) atoms. The zero-order chi connectivity index (χ0) is 13.9. The summed E-state index contributed by atoms with van der Waals surface area (Å²) in [4.78, 5) is 4.08. The van der Waals surface area contributed by atoms with Crippen LogP contribution in [0.3, 0.4) is 0 Å². The molecule has 0 aliphatic rings. The van der Waals surface area contributed by atoms with Gasteiger partial charge >= 0.3 is 0 Å². The Morgan fingerprint density at radius 1 is 1.26 bits per heavy atom. The minimum Gasteiger partial charge on any atom is -0.326 e. The Kier molecular flexibility index (Phi) is 4.18. The standard InChI is InChI=1S/C12H12BrN3O2S/c13-10-7-9(8-14)4-5-11(10)19(17,18)16-12-3-1-2-6-15-12/h1-7H,8,14H2,(H,15,16). The highest BCUT2D eigenvalue weighted by Crippen LogP contribution is 2.24. The zero-order valence-electron chi connectivity index (χ0n) is 9.88. The number of nitrogens with one attached hydrogen (secondary N) is 1. The Balaban J connectivity index is 2.35. The van der Waals surface area contributed by atoms with Crippen LogP contribution in [0.2, 0.25) is 0 Å². The fourth-order valence-corrected chi connectivity index (χ4v) is 3.64. The molecule has 1 heterocycles. The van der Waals surface area contributed by atoms with Crippen LogP contribution in [-0.2, 0) is 16.6 Å². The quantitative estimate of drug-likeness (QED) is 0.891. The van der Waals surface area contributed by atoms with Crippen molar-refractivity contribution in [1.29, 1.82) is 0 Å². The predicted molar refractivity (Wildman–Crippen MR) is 77.1 cm³/mol. The molecule has 3 N–H and O–H groups in total. The number of anilines is 1. The van der Waals surface area contributed by atoms with E-state index in [4.69, 9.17) is 5.73 Å². The highest BCUT2D eigenvalue weighted by atomic mass is 79.9. The van der Waals surface area contributed by atoms with E-state index in [1.165, 1.54) is 12.3 Å². The van der Waals surface area contributed by atoms with E-state index in [1.807, 2.05) is 0 Å². The lowest BCUT2D eigenvalue weighted by molar-refractivity contribution is 0.600. The van der Waals surface area contributed by atoms with E-state index in [2.05, 4.69) is 25.6 Å².